The minimum Gasteiger partial charge on any atom is -0.507 e. The predicted octanol–water partition coefficient (Wildman–Crippen LogP) is 7.11. The number of nitrogens with zero attached hydrogens (tertiary/aromatic N) is 2. The summed E-state index contributed by atoms with van der Waals surface area (Å²) in [6.07, 6.45) is 16.8. The summed E-state index contributed by atoms with van der Waals surface area (Å²) >= 11 is 0. The fourth-order valence-electron chi connectivity index (χ4n) is 7.76. The normalized spacial score (nSPS) is 22.1. The number of hydrogen-bond acceptors (Lipinski definition) is 5. The van der Waals surface area contributed by atoms with Crippen LogP contribution in [0.4, 0.5) is 11.4 Å². The molecule has 1 amide bonds. The molecule has 1 atom stereocenters. The highest BCUT2D eigenvalue weighted by molar-refractivity contribution is 6.04. The van der Waals surface area contributed by atoms with E-state index in [0.717, 1.165) is 80.6 Å². The first-order valence-corrected chi connectivity index (χ1v) is 17.7. The van der Waals surface area contributed by atoms with Gasteiger partial charge in [0.25, 0.3) is 0 Å². The maximum Gasteiger partial charge on any atom is 0.224 e. The highest BCUT2D eigenvalue weighted by Crippen LogP contribution is 2.46. The molecule has 7 heteroatoms. The standard InChI is InChI=1S/C38H54N4O3/c1-5-41(6-2)28-17-19-30(32(24-28)39-22-21-26-13-9-10-14-26)35-37(44)36(38(35)45)31-20-18-29(42(7-3)8-4)25-33(31)40-34(43)23-27-15-11-12-16-27/h17-20,24-27,37,44H,5-16,21-23H2,1-4H3,(H2,39,40,43,45)/p+1. The van der Waals surface area contributed by atoms with E-state index in [9.17, 15) is 15.0 Å². The molecule has 2 saturated carbocycles. The highest BCUT2D eigenvalue weighted by atomic mass is 16.3. The van der Waals surface area contributed by atoms with Crippen LogP contribution in [0, 0.1) is 11.8 Å². The molecule has 45 heavy (non-hydrogen) atoms. The summed E-state index contributed by atoms with van der Waals surface area (Å²) in [5.41, 5.74) is 6.25. The van der Waals surface area contributed by atoms with E-state index < -0.39 is 6.10 Å². The molecular weight excluding hydrogens is 560 g/mol. The van der Waals surface area contributed by atoms with Crippen LogP contribution in [-0.4, -0.2) is 65.2 Å². The van der Waals surface area contributed by atoms with Gasteiger partial charge in [-0.3, -0.25) is 4.79 Å². The number of hydrogen-bond donors (Lipinski definition) is 4. The van der Waals surface area contributed by atoms with Crippen LogP contribution in [0.25, 0.3) is 5.57 Å². The van der Waals surface area contributed by atoms with Crippen molar-refractivity contribution in [3.63, 3.8) is 0 Å². The fourth-order valence-corrected chi connectivity index (χ4v) is 7.76. The van der Waals surface area contributed by atoms with Crippen molar-refractivity contribution in [3.05, 3.63) is 64.6 Å². The van der Waals surface area contributed by atoms with Gasteiger partial charge in [-0.15, -0.1) is 0 Å². The second-order valence-corrected chi connectivity index (χ2v) is 13.2. The third kappa shape index (κ3) is 7.40. The summed E-state index contributed by atoms with van der Waals surface area (Å²) in [5.74, 6) is 1.30. The van der Waals surface area contributed by atoms with Crippen molar-refractivity contribution in [3.8, 4) is 0 Å². The van der Waals surface area contributed by atoms with E-state index in [0.29, 0.717) is 34.7 Å². The molecule has 0 spiro atoms. The molecule has 1 aromatic carbocycles. The molecular formula is C38H55N4O3+. The Hall–Kier alpha value is -3.32. The number of aliphatic hydroxyl groups is 2. The van der Waals surface area contributed by atoms with Crippen LogP contribution in [-0.2, 0) is 4.79 Å². The van der Waals surface area contributed by atoms with Crippen LogP contribution in [0.5, 0.6) is 0 Å². The summed E-state index contributed by atoms with van der Waals surface area (Å²) in [5, 5.41) is 30.2. The van der Waals surface area contributed by atoms with Gasteiger partial charge in [-0.1, -0.05) is 44.6 Å². The Morgan fingerprint density at radius 3 is 2.22 bits per heavy atom. The summed E-state index contributed by atoms with van der Waals surface area (Å²) in [6, 6.07) is 5.96. The zero-order valence-corrected chi connectivity index (χ0v) is 28.0. The lowest BCUT2D eigenvalue weighted by Crippen LogP contribution is -2.32. The zero-order valence-electron chi connectivity index (χ0n) is 28.0. The van der Waals surface area contributed by atoms with Crippen LogP contribution in [0.3, 0.4) is 0 Å². The molecule has 4 aliphatic carbocycles. The topological polar surface area (TPSA) is 87.8 Å². The molecule has 7 nitrogen and oxygen atoms in total. The van der Waals surface area contributed by atoms with Gasteiger partial charge >= 0.3 is 0 Å². The third-order valence-electron chi connectivity index (χ3n) is 10.5. The zero-order chi connectivity index (χ0) is 31.9. The largest absolute Gasteiger partial charge is 0.507 e. The molecule has 0 radical (unpaired) electrons. The smallest absolute Gasteiger partial charge is 0.224 e. The van der Waals surface area contributed by atoms with Crippen LogP contribution in [0.15, 0.2) is 59.0 Å². The van der Waals surface area contributed by atoms with Crippen molar-refractivity contribution in [1.82, 2.24) is 5.32 Å². The van der Waals surface area contributed by atoms with Crippen LogP contribution in [0.2, 0.25) is 0 Å². The molecule has 4 aliphatic rings. The fraction of sp³-hybridized carbons (Fsp3) is 0.579. The number of benzene rings is 1. The van der Waals surface area contributed by atoms with Crippen molar-refractivity contribution in [2.75, 3.05) is 42.9 Å². The van der Waals surface area contributed by atoms with E-state index in [1.54, 1.807) is 0 Å². The molecule has 0 saturated heterocycles. The Labute approximate surface area is 270 Å². The van der Waals surface area contributed by atoms with Crippen molar-refractivity contribution in [2.45, 2.75) is 98.0 Å². The number of carbonyl (C=O) groups is 1. The second-order valence-electron chi connectivity index (χ2n) is 13.2. The monoisotopic (exact) mass is 615 g/mol. The first-order chi connectivity index (χ1) is 21.9. The number of allylic oxidation sites excluding steroid dienone is 3. The molecule has 1 unspecified atom stereocenters. The van der Waals surface area contributed by atoms with Gasteiger partial charge in [0.1, 0.15) is 25.0 Å². The van der Waals surface area contributed by atoms with Gasteiger partial charge in [0.15, 0.2) is 0 Å². The van der Waals surface area contributed by atoms with Gasteiger partial charge in [-0.25, -0.2) is 4.58 Å². The van der Waals surface area contributed by atoms with E-state index in [4.69, 9.17) is 0 Å². The SMILES string of the molecule is CCN(CC)c1ccc(C2=C(O)/C(=C3\C=CC(=[N+](CC)CC)C=C3NCCC3CCCC3)C2O)c(NC(=O)CC2CCCC2)c1. The Morgan fingerprint density at radius 2 is 1.60 bits per heavy atom. The van der Waals surface area contributed by atoms with E-state index in [-0.39, 0.29) is 11.7 Å². The minimum absolute atomic E-state index is 0.00121. The number of aliphatic hydroxyl groups excluding tert-OH is 2. The highest BCUT2D eigenvalue weighted by Gasteiger charge is 2.39. The molecule has 5 rings (SSSR count). The maximum absolute atomic E-state index is 13.2. The number of anilines is 2. The average molecular weight is 616 g/mol. The lowest BCUT2D eigenvalue weighted by molar-refractivity contribution is -0.519. The summed E-state index contributed by atoms with van der Waals surface area (Å²) in [6.45, 7) is 12.9. The quantitative estimate of drug-likeness (QED) is 0.178. The van der Waals surface area contributed by atoms with E-state index in [1.807, 2.05) is 24.3 Å². The van der Waals surface area contributed by atoms with Crippen LogP contribution < -0.4 is 15.5 Å². The van der Waals surface area contributed by atoms with Gasteiger partial charge in [0.05, 0.1) is 5.69 Å². The first-order valence-electron chi connectivity index (χ1n) is 17.7. The number of carbonyl (C=O) groups excluding carboxylic acids is 1. The van der Waals surface area contributed by atoms with Gasteiger partial charge in [-0.2, -0.15) is 0 Å². The summed E-state index contributed by atoms with van der Waals surface area (Å²) in [4.78, 5) is 15.4. The molecule has 1 aromatic rings. The van der Waals surface area contributed by atoms with E-state index >= 15 is 0 Å². The van der Waals surface area contributed by atoms with Crippen molar-refractivity contribution >= 4 is 28.6 Å². The Balaban J connectivity index is 1.48. The summed E-state index contributed by atoms with van der Waals surface area (Å²) < 4.78 is 2.31. The molecule has 2 fully saturated rings. The van der Waals surface area contributed by atoms with Gasteiger partial charge in [0, 0.05) is 71.9 Å². The first kappa shape index (κ1) is 33.1. The Bertz CT molecular complexity index is 1380. The van der Waals surface area contributed by atoms with Gasteiger partial charge in [-0.05, 0) is 77.0 Å². The lowest BCUT2D eigenvalue weighted by atomic mass is 9.77. The maximum atomic E-state index is 13.2. The molecule has 0 heterocycles. The molecule has 0 bridgehead atoms. The van der Waals surface area contributed by atoms with Crippen molar-refractivity contribution in [1.29, 1.82) is 0 Å². The number of rotatable bonds is 13. The molecule has 0 aromatic heterocycles. The number of amides is 1. The van der Waals surface area contributed by atoms with Crippen molar-refractivity contribution < 1.29 is 19.6 Å². The van der Waals surface area contributed by atoms with Crippen molar-refractivity contribution in [2.24, 2.45) is 11.8 Å². The Morgan fingerprint density at radius 1 is 0.933 bits per heavy atom. The average Bonchev–Trinajstić information content (AvgIpc) is 3.75. The number of nitrogens with one attached hydrogen (secondary N) is 2. The molecule has 0 aliphatic heterocycles. The molecule has 4 N–H and O–H groups in total. The van der Waals surface area contributed by atoms with Crippen LogP contribution in [0.1, 0.15) is 97.5 Å². The van der Waals surface area contributed by atoms with Gasteiger partial charge < -0.3 is 25.7 Å². The minimum atomic E-state index is -0.968. The van der Waals surface area contributed by atoms with E-state index in [1.165, 1.54) is 38.5 Å². The van der Waals surface area contributed by atoms with Gasteiger partial charge in [0.2, 0.25) is 11.6 Å². The predicted molar refractivity (Wildman–Crippen MR) is 186 cm³/mol. The Kier molecular flexibility index (Phi) is 11.2. The van der Waals surface area contributed by atoms with Crippen LogP contribution >= 0.6 is 0 Å². The lowest BCUT2D eigenvalue weighted by Gasteiger charge is -2.34. The summed E-state index contributed by atoms with van der Waals surface area (Å²) in [7, 11) is 0. The second kappa shape index (κ2) is 15.3. The molecule has 244 valence electrons. The third-order valence-corrected chi connectivity index (χ3v) is 10.5. The van der Waals surface area contributed by atoms with E-state index in [2.05, 4.69) is 60.0 Å².